The van der Waals surface area contributed by atoms with Crippen LogP contribution in [0.1, 0.15) is 13.8 Å². The van der Waals surface area contributed by atoms with Crippen LogP contribution in [-0.2, 0) is 9.31 Å². The lowest BCUT2D eigenvalue weighted by Gasteiger charge is -2.33. The second-order valence-electron chi connectivity index (χ2n) is 5.57. The molecule has 3 rings (SSSR count). The first-order valence-electron chi connectivity index (χ1n) is 6.22. The van der Waals surface area contributed by atoms with Crippen molar-refractivity contribution in [2.75, 3.05) is 13.2 Å². The molecule has 1 aliphatic rings. The van der Waals surface area contributed by atoms with E-state index in [1.165, 1.54) is 0 Å². The average molecular weight is 241 g/mol. The lowest BCUT2D eigenvalue weighted by atomic mass is 9.74. The highest BCUT2D eigenvalue weighted by molar-refractivity contribution is 6.64. The Bertz CT molecular complexity index is 555. The van der Waals surface area contributed by atoms with Crippen LogP contribution in [0.4, 0.5) is 0 Å². The number of pyridine rings is 1. The Hall–Kier alpha value is -1.39. The summed E-state index contributed by atoms with van der Waals surface area (Å²) in [6, 6.07) is 8.18. The Kier molecular flexibility index (Phi) is 2.84. The van der Waals surface area contributed by atoms with Crippen LogP contribution < -0.4 is 5.46 Å². The largest absolute Gasteiger partial charge is 0.496 e. The first-order valence-corrected chi connectivity index (χ1v) is 6.22. The summed E-state index contributed by atoms with van der Waals surface area (Å²) >= 11 is 0. The molecule has 1 aliphatic heterocycles. The third-order valence-electron chi connectivity index (χ3n) is 3.20. The van der Waals surface area contributed by atoms with E-state index in [1.54, 1.807) is 0 Å². The van der Waals surface area contributed by atoms with E-state index < -0.39 is 0 Å². The molecule has 1 aromatic heterocycles. The zero-order chi connectivity index (χ0) is 12.6. The molecule has 92 valence electrons. The average Bonchev–Trinajstić information content (AvgIpc) is 2.38. The van der Waals surface area contributed by atoms with Crippen LogP contribution in [0.15, 0.2) is 36.7 Å². The third kappa shape index (κ3) is 2.14. The molecule has 3 nitrogen and oxygen atoms in total. The van der Waals surface area contributed by atoms with Crippen molar-refractivity contribution in [1.29, 1.82) is 0 Å². The molecule has 18 heavy (non-hydrogen) atoms. The van der Waals surface area contributed by atoms with Gasteiger partial charge in [-0.3, -0.25) is 4.98 Å². The lowest BCUT2D eigenvalue weighted by Crippen LogP contribution is -2.47. The number of aromatic nitrogens is 1. The maximum absolute atomic E-state index is 5.83. The number of hydrogen-bond acceptors (Lipinski definition) is 3. The summed E-state index contributed by atoms with van der Waals surface area (Å²) in [7, 11) is -0.295. The molecular formula is C14H16BNO2. The van der Waals surface area contributed by atoms with Gasteiger partial charge in [-0.05, 0) is 10.8 Å². The van der Waals surface area contributed by atoms with Gasteiger partial charge in [0.05, 0.1) is 0 Å². The van der Waals surface area contributed by atoms with E-state index >= 15 is 0 Å². The first kappa shape index (κ1) is 11.7. The minimum atomic E-state index is -0.295. The van der Waals surface area contributed by atoms with Crippen LogP contribution in [0.25, 0.3) is 10.8 Å². The second kappa shape index (κ2) is 4.37. The maximum atomic E-state index is 5.83. The fourth-order valence-corrected chi connectivity index (χ4v) is 2.20. The van der Waals surface area contributed by atoms with Gasteiger partial charge in [0, 0.05) is 36.5 Å². The minimum Gasteiger partial charge on any atom is -0.407 e. The molecule has 4 heteroatoms. The molecule has 0 N–H and O–H groups in total. The monoisotopic (exact) mass is 241 g/mol. The fraction of sp³-hybridized carbons (Fsp3) is 0.357. The highest BCUT2D eigenvalue weighted by Gasteiger charge is 2.34. The van der Waals surface area contributed by atoms with Gasteiger partial charge in [0.2, 0.25) is 0 Å². The minimum absolute atomic E-state index is 0.0918. The summed E-state index contributed by atoms with van der Waals surface area (Å²) in [6.07, 6.45) is 3.71. The summed E-state index contributed by atoms with van der Waals surface area (Å²) in [5, 5.41) is 2.27. The first-order chi connectivity index (χ1) is 8.66. The molecule has 0 aliphatic carbocycles. The zero-order valence-electron chi connectivity index (χ0n) is 10.7. The van der Waals surface area contributed by atoms with Gasteiger partial charge in [0.1, 0.15) is 0 Å². The molecule has 2 aromatic rings. The van der Waals surface area contributed by atoms with E-state index in [2.05, 4.69) is 31.0 Å². The van der Waals surface area contributed by atoms with Gasteiger partial charge >= 0.3 is 7.12 Å². The maximum Gasteiger partial charge on any atom is 0.496 e. The number of hydrogen-bond donors (Lipinski definition) is 0. The van der Waals surface area contributed by atoms with Crippen molar-refractivity contribution in [2.45, 2.75) is 13.8 Å². The van der Waals surface area contributed by atoms with E-state index in [-0.39, 0.29) is 12.5 Å². The highest BCUT2D eigenvalue weighted by atomic mass is 16.6. The Morgan fingerprint density at radius 3 is 2.61 bits per heavy atom. The highest BCUT2D eigenvalue weighted by Crippen LogP contribution is 2.22. The molecule has 0 radical (unpaired) electrons. The van der Waals surface area contributed by atoms with Crippen molar-refractivity contribution in [3.63, 3.8) is 0 Å². The Balaban J connectivity index is 1.96. The summed E-state index contributed by atoms with van der Waals surface area (Å²) in [5.74, 6) is 0. The van der Waals surface area contributed by atoms with Crippen molar-refractivity contribution < 1.29 is 9.31 Å². The van der Waals surface area contributed by atoms with Gasteiger partial charge in [-0.1, -0.05) is 38.1 Å². The summed E-state index contributed by atoms with van der Waals surface area (Å²) < 4.78 is 11.7. The fourth-order valence-electron chi connectivity index (χ4n) is 2.20. The van der Waals surface area contributed by atoms with E-state index in [9.17, 15) is 0 Å². The third-order valence-corrected chi connectivity index (χ3v) is 3.20. The van der Waals surface area contributed by atoms with Gasteiger partial charge < -0.3 is 9.31 Å². The normalized spacial score (nSPS) is 19.1. The van der Waals surface area contributed by atoms with Gasteiger partial charge in [-0.2, -0.15) is 0 Å². The molecule has 0 amide bonds. The molecule has 0 spiro atoms. The van der Waals surface area contributed by atoms with E-state index in [0.29, 0.717) is 13.2 Å². The Labute approximate surface area is 107 Å². The molecule has 0 bridgehead atoms. The molecule has 2 heterocycles. The van der Waals surface area contributed by atoms with Gasteiger partial charge in [-0.25, -0.2) is 0 Å². The van der Waals surface area contributed by atoms with Crippen LogP contribution in [0, 0.1) is 5.41 Å². The van der Waals surface area contributed by atoms with E-state index in [1.807, 2.05) is 24.5 Å². The molecule has 1 saturated heterocycles. The quantitative estimate of drug-likeness (QED) is 0.715. The van der Waals surface area contributed by atoms with Crippen LogP contribution in [0.5, 0.6) is 0 Å². The SMILES string of the molecule is CC1(C)COB(c2cncc3ccccc23)OC1. The number of fused-ring (bicyclic) bond motifs is 1. The molecule has 0 saturated carbocycles. The van der Waals surface area contributed by atoms with Crippen LogP contribution in [-0.4, -0.2) is 25.3 Å². The van der Waals surface area contributed by atoms with Crippen LogP contribution >= 0.6 is 0 Å². The second-order valence-corrected chi connectivity index (χ2v) is 5.57. The standard InChI is InChI=1S/C14H16BNO2/c1-14(2)9-17-15(18-10-14)13-8-16-7-11-5-3-4-6-12(11)13/h3-8H,9-10H2,1-2H3. The molecule has 0 unspecified atom stereocenters. The lowest BCUT2D eigenvalue weighted by molar-refractivity contribution is 0.0344. The van der Waals surface area contributed by atoms with Gasteiger partial charge in [-0.15, -0.1) is 0 Å². The Morgan fingerprint density at radius 2 is 1.83 bits per heavy atom. The van der Waals surface area contributed by atoms with Crippen molar-refractivity contribution in [2.24, 2.45) is 5.41 Å². The number of nitrogens with zero attached hydrogens (tertiary/aromatic N) is 1. The predicted molar refractivity (Wildman–Crippen MR) is 72.8 cm³/mol. The zero-order valence-corrected chi connectivity index (χ0v) is 10.7. The number of benzene rings is 1. The molecule has 1 aromatic carbocycles. The smallest absolute Gasteiger partial charge is 0.407 e. The van der Waals surface area contributed by atoms with E-state index in [0.717, 1.165) is 16.2 Å². The van der Waals surface area contributed by atoms with Crippen molar-refractivity contribution in [3.8, 4) is 0 Å². The molecule has 1 fully saturated rings. The number of rotatable bonds is 1. The predicted octanol–water partition coefficient (Wildman–Crippen LogP) is 2.00. The Morgan fingerprint density at radius 1 is 1.11 bits per heavy atom. The van der Waals surface area contributed by atoms with Gasteiger partial charge in [0.15, 0.2) is 0 Å². The molecular weight excluding hydrogens is 225 g/mol. The summed E-state index contributed by atoms with van der Waals surface area (Å²) in [5.41, 5.74) is 1.11. The summed E-state index contributed by atoms with van der Waals surface area (Å²) in [4.78, 5) is 4.26. The van der Waals surface area contributed by atoms with Gasteiger partial charge in [0.25, 0.3) is 0 Å². The van der Waals surface area contributed by atoms with E-state index in [4.69, 9.17) is 9.31 Å². The van der Waals surface area contributed by atoms with Crippen molar-refractivity contribution in [3.05, 3.63) is 36.7 Å². The van der Waals surface area contributed by atoms with Crippen molar-refractivity contribution in [1.82, 2.24) is 4.98 Å². The van der Waals surface area contributed by atoms with Crippen LogP contribution in [0.2, 0.25) is 0 Å². The molecule has 0 atom stereocenters. The van der Waals surface area contributed by atoms with Crippen molar-refractivity contribution >= 4 is 23.4 Å². The van der Waals surface area contributed by atoms with Crippen LogP contribution in [0.3, 0.4) is 0 Å². The topological polar surface area (TPSA) is 31.4 Å². The summed E-state index contributed by atoms with van der Waals surface area (Å²) in [6.45, 7) is 5.71.